The summed E-state index contributed by atoms with van der Waals surface area (Å²) in [5.41, 5.74) is 2.67. The smallest absolute Gasteiger partial charge is 0.261 e. The summed E-state index contributed by atoms with van der Waals surface area (Å²) in [7, 11) is -3.80. The van der Waals surface area contributed by atoms with Crippen molar-refractivity contribution < 1.29 is 13.2 Å². The highest BCUT2D eigenvalue weighted by Gasteiger charge is 2.43. The van der Waals surface area contributed by atoms with Gasteiger partial charge in [-0.2, -0.15) is 0 Å². The molecular weight excluding hydrogens is 396 g/mol. The highest BCUT2D eigenvalue weighted by Crippen LogP contribution is 2.44. The van der Waals surface area contributed by atoms with Gasteiger partial charge in [0.2, 0.25) is 5.91 Å². The lowest BCUT2D eigenvalue weighted by Gasteiger charge is -2.20. The molecule has 0 radical (unpaired) electrons. The lowest BCUT2D eigenvalue weighted by molar-refractivity contribution is -0.119. The molecule has 7 heteroatoms. The van der Waals surface area contributed by atoms with Crippen LogP contribution in [0.1, 0.15) is 37.8 Å². The van der Waals surface area contributed by atoms with Gasteiger partial charge in [-0.1, -0.05) is 31.5 Å². The second-order valence-corrected chi connectivity index (χ2v) is 10.4. The van der Waals surface area contributed by atoms with Crippen LogP contribution in [0.25, 0.3) is 0 Å². The predicted molar refractivity (Wildman–Crippen MR) is 112 cm³/mol. The van der Waals surface area contributed by atoms with Gasteiger partial charge in [-0.25, -0.2) is 8.42 Å². The van der Waals surface area contributed by atoms with E-state index in [4.69, 9.17) is 11.6 Å². The molecule has 1 aliphatic carbocycles. The van der Waals surface area contributed by atoms with E-state index in [1.807, 2.05) is 25.7 Å². The first-order chi connectivity index (χ1) is 13.1. The normalized spacial score (nSPS) is 18.1. The molecule has 1 fully saturated rings. The molecule has 2 aromatic rings. The van der Waals surface area contributed by atoms with Gasteiger partial charge in [-0.3, -0.25) is 9.52 Å². The van der Waals surface area contributed by atoms with Crippen molar-refractivity contribution in [2.75, 3.05) is 16.2 Å². The molecule has 0 unspecified atom stereocenters. The monoisotopic (exact) mass is 418 g/mol. The fourth-order valence-corrected chi connectivity index (χ4v) is 5.12. The molecule has 0 atom stereocenters. The van der Waals surface area contributed by atoms with Crippen molar-refractivity contribution in [2.45, 2.75) is 43.9 Å². The SMILES string of the molecule is Cc1ccc(NS(=O)(=O)c2ccc3c(c2)C(C)(C)CN3C(=O)C2CC2)c(Cl)c1. The summed E-state index contributed by atoms with van der Waals surface area (Å²) in [6.07, 6.45) is 1.89. The Morgan fingerprint density at radius 3 is 2.54 bits per heavy atom. The molecule has 2 aliphatic rings. The summed E-state index contributed by atoms with van der Waals surface area (Å²) in [5, 5.41) is 0.353. The zero-order chi connectivity index (χ0) is 20.3. The molecule has 0 saturated heterocycles. The summed E-state index contributed by atoms with van der Waals surface area (Å²) in [6, 6.07) is 10.2. The number of sulfonamides is 1. The second kappa shape index (κ2) is 6.49. The number of hydrogen-bond donors (Lipinski definition) is 1. The van der Waals surface area contributed by atoms with Crippen LogP contribution >= 0.6 is 11.6 Å². The van der Waals surface area contributed by atoms with E-state index in [2.05, 4.69) is 4.72 Å². The Labute approximate surface area is 170 Å². The zero-order valence-electron chi connectivity index (χ0n) is 16.1. The van der Waals surface area contributed by atoms with Crippen LogP contribution in [-0.2, 0) is 20.2 Å². The van der Waals surface area contributed by atoms with E-state index in [1.54, 1.807) is 36.4 Å². The Morgan fingerprint density at radius 2 is 1.89 bits per heavy atom. The molecular formula is C21H23ClN2O3S. The number of fused-ring (bicyclic) bond motifs is 1. The molecule has 1 saturated carbocycles. The number of nitrogens with zero attached hydrogens (tertiary/aromatic N) is 1. The highest BCUT2D eigenvalue weighted by molar-refractivity contribution is 7.92. The maximum atomic E-state index is 12.9. The quantitative estimate of drug-likeness (QED) is 0.795. The fraction of sp³-hybridized carbons (Fsp3) is 0.381. The van der Waals surface area contributed by atoms with E-state index in [0.717, 1.165) is 29.7 Å². The molecule has 1 amide bonds. The van der Waals surface area contributed by atoms with E-state index < -0.39 is 10.0 Å². The standard InChI is InChI=1S/C21H23ClN2O3S/c1-13-4-8-18(17(22)10-13)23-28(26,27)15-7-9-19-16(11-15)21(2,3)12-24(19)20(25)14-5-6-14/h4,7-11,14,23H,5-6,12H2,1-3H3. The number of anilines is 2. The van der Waals surface area contributed by atoms with E-state index in [9.17, 15) is 13.2 Å². The first kappa shape index (κ1) is 19.3. The molecule has 28 heavy (non-hydrogen) atoms. The molecule has 5 nitrogen and oxygen atoms in total. The van der Waals surface area contributed by atoms with Crippen LogP contribution in [0.2, 0.25) is 5.02 Å². The molecule has 0 spiro atoms. The number of amides is 1. The average Bonchev–Trinajstić information content (AvgIpc) is 3.42. The van der Waals surface area contributed by atoms with Gasteiger partial charge in [0.1, 0.15) is 0 Å². The summed E-state index contributed by atoms with van der Waals surface area (Å²) in [4.78, 5) is 14.6. The molecule has 4 rings (SSSR count). The van der Waals surface area contributed by atoms with E-state index in [0.29, 0.717) is 17.3 Å². The number of aryl methyl sites for hydroxylation is 1. The Kier molecular flexibility index (Phi) is 4.47. The molecule has 0 aromatic heterocycles. The minimum atomic E-state index is -3.80. The summed E-state index contributed by atoms with van der Waals surface area (Å²) in [6.45, 7) is 6.53. The van der Waals surface area contributed by atoms with Gasteiger partial charge < -0.3 is 4.90 Å². The van der Waals surface area contributed by atoms with Gasteiger partial charge in [-0.05, 0) is 61.2 Å². The van der Waals surface area contributed by atoms with Gasteiger partial charge in [0.05, 0.1) is 15.6 Å². The summed E-state index contributed by atoms with van der Waals surface area (Å²) in [5.74, 6) is 0.266. The number of carbonyl (C=O) groups is 1. The van der Waals surface area contributed by atoms with Crippen LogP contribution in [0.4, 0.5) is 11.4 Å². The minimum absolute atomic E-state index is 0.121. The Bertz CT molecular complexity index is 1080. The van der Waals surface area contributed by atoms with Crippen LogP contribution in [-0.4, -0.2) is 20.9 Å². The average molecular weight is 419 g/mol. The lowest BCUT2D eigenvalue weighted by atomic mass is 9.87. The number of benzene rings is 2. The first-order valence-electron chi connectivity index (χ1n) is 9.33. The van der Waals surface area contributed by atoms with Crippen LogP contribution in [0.15, 0.2) is 41.3 Å². The maximum Gasteiger partial charge on any atom is 0.261 e. The van der Waals surface area contributed by atoms with Crippen LogP contribution in [0.5, 0.6) is 0 Å². The Morgan fingerprint density at radius 1 is 1.18 bits per heavy atom. The van der Waals surface area contributed by atoms with E-state index in [-0.39, 0.29) is 22.1 Å². The third kappa shape index (κ3) is 3.40. The third-order valence-corrected chi connectivity index (χ3v) is 7.09. The van der Waals surface area contributed by atoms with Crippen molar-refractivity contribution in [3.63, 3.8) is 0 Å². The van der Waals surface area contributed by atoms with Crippen LogP contribution < -0.4 is 9.62 Å². The number of hydrogen-bond acceptors (Lipinski definition) is 3. The highest BCUT2D eigenvalue weighted by atomic mass is 35.5. The first-order valence-corrected chi connectivity index (χ1v) is 11.2. The summed E-state index contributed by atoms with van der Waals surface area (Å²) < 4.78 is 28.4. The number of halogens is 1. The summed E-state index contributed by atoms with van der Waals surface area (Å²) >= 11 is 6.18. The molecule has 1 N–H and O–H groups in total. The predicted octanol–water partition coefficient (Wildman–Crippen LogP) is 4.48. The fourth-order valence-electron chi connectivity index (χ4n) is 3.68. The minimum Gasteiger partial charge on any atom is -0.311 e. The second-order valence-electron chi connectivity index (χ2n) is 8.35. The molecule has 1 aliphatic heterocycles. The van der Waals surface area contributed by atoms with E-state index in [1.165, 1.54) is 0 Å². The third-order valence-electron chi connectivity index (χ3n) is 5.41. The number of rotatable bonds is 4. The topological polar surface area (TPSA) is 66.5 Å². The van der Waals surface area contributed by atoms with Gasteiger partial charge in [0.15, 0.2) is 0 Å². The van der Waals surface area contributed by atoms with Crippen molar-refractivity contribution in [1.29, 1.82) is 0 Å². The Hall–Kier alpha value is -2.05. The van der Waals surface area contributed by atoms with Crippen molar-refractivity contribution in [1.82, 2.24) is 0 Å². The van der Waals surface area contributed by atoms with Gasteiger partial charge in [0, 0.05) is 23.6 Å². The number of carbonyl (C=O) groups excluding carboxylic acids is 1. The van der Waals surface area contributed by atoms with Crippen molar-refractivity contribution in [2.24, 2.45) is 5.92 Å². The number of nitrogens with one attached hydrogen (secondary N) is 1. The molecule has 0 bridgehead atoms. The molecule has 1 heterocycles. The van der Waals surface area contributed by atoms with Crippen molar-refractivity contribution in [3.05, 3.63) is 52.5 Å². The van der Waals surface area contributed by atoms with Gasteiger partial charge >= 0.3 is 0 Å². The van der Waals surface area contributed by atoms with Crippen molar-refractivity contribution in [3.8, 4) is 0 Å². The maximum absolute atomic E-state index is 12.9. The molecule has 2 aromatic carbocycles. The van der Waals surface area contributed by atoms with Crippen LogP contribution in [0.3, 0.4) is 0 Å². The largest absolute Gasteiger partial charge is 0.311 e. The zero-order valence-corrected chi connectivity index (χ0v) is 17.7. The van der Waals surface area contributed by atoms with Gasteiger partial charge in [0.25, 0.3) is 10.0 Å². The Balaban J connectivity index is 1.69. The molecule has 148 valence electrons. The lowest BCUT2D eigenvalue weighted by Crippen LogP contribution is -2.34. The van der Waals surface area contributed by atoms with Crippen LogP contribution in [0, 0.1) is 12.8 Å². The van der Waals surface area contributed by atoms with E-state index >= 15 is 0 Å². The van der Waals surface area contributed by atoms with Crippen molar-refractivity contribution >= 4 is 38.9 Å². The van der Waals surface area contributed by atoms with Gasteiger partial charge in [-0.15, -0.1) is 0 Å².